The molecule has 4 rings (SSSR count). The Hall–Kier alpha value is -1.90. The van der Waals surface area contributed by atoms with Crippen LogP contribution in [0.5, 0.6) is 0 Å². The van der Waals surface area contributed by atoms with Crippen molar-refractivity contribution in [3.8, 4) is 0 Å². The monoisotopic (exact) mass is 447 g/mol. The van der Waals surface area contributed by atoms with Gasteiger partial charge in [0.2, 0.25) is 5.91 Å². The van der Waals surface area contributed by atoms with E-state index in [0.717, 1.165) is 39.6 Å². The number of benzene rings is 1. The van der Waals surface area contributed by atoms with Crippen LogP contribution in [-0.2, 0) is 11.3 Å². The molecule has 152 valence electrons. The first-order valence-electron chi connectivity index (χ1n) is 9.61. The van der Waals surface area contributed by atoms with Gasteiger partial charge < -0.3 is 10.6 Å². The van der Waals surface area contributed by atoms with Crippen molar-refractivity contribution in [2.45, 2.75) is 49.5 Å². The minimum absolute atomic E-state index is 0.0621. The van der Waals surface area contributed by atoms with Crippen LogP contribution in [0.2, 0.25) is 5.02 Å². The van der Waals surface area contributed by atoms with E-state index in [1.54, 1.807) is 11.3 Å². The summed E-state index contributed by atoms with van der Waals surface area (Å²) in [5.74, 6) is 1.64. The number of rotatable bonds is 7. The molecule has 6 nitrogen and oxygen atoms in total. The number of carbonyl (C=O) groups excluding carboxylic acids is 1. The molecule has 0 bridgehead atoms. The van der Waals surface area contributed by atoms with Crippen molar-refractivity contribution in [1.82, 2.24) is 20.3 Å². The number of anilines is 1. The van der Waals surface area contributed by atoms with Crippen molar-refractivity contribution in [1.29, 1.82) is 0 Å². The zero-order valence-corrected chi connectivity index (χ0v) is 18.5. The fourth-order valence-corrected chi connectivity index (χ4v) is 5.21. The molecule has 1 fully saturated rings. The molecule has 0 atom stereocenters. The van der Waals surface area contributed by atoms with Gasteiger partial charge in [0.15, 0.2) is 10.2 Å². The Morgan fingerprint density at radius 1 is 1.28 bits per heavy atom. The van der Waals surface area contributed by atoms with Gasteiger partial charge in [0.05, 0.1) is 17.8 Å². The molecule has 2 heterocycles. The predicted molar refractivity (Wildman–Crippen MR) is 120 cm³/mol. The summed E-state index contributed by atoms with van der Waals surface area (Å²) in [6.45, 7) is 2.23. The van der Waals surface area contributed by atoms with Gasteiger partial charge in [-0.15, -0.1) is 11.3 Å². The molecule has 2 aromatic heterocycles. The highest BCUT2D eigenvalue weighted by Crippen LogP contribution is 2.28. The van der Waals surface area contributed by atoms with Crippen molar-refractivity contribution in [2.75, 3.05) is 11.1 Å². The molecule has 1 aromatic carbocycles. The van der Waals surface area contributed by atoms with Crippen LogP contribution >= 0.6 is 34.7 Å². The van der Waals surface area contributed by atoms with E-state index in [1.807, 2.05) is 30.5 Å². The van der Waals surface area contributed by atoms with E-state index < -0.39 is 0 Å². The molecule has 2 N–H and O–H groups in total. The highest BCUT2D eigenvalue weighted by atomic mass is 35.5. The van der Waals surface area contributed by atoms with E-state index >= 15 is 0 Å². The highest BCUT2D eigenvalue weighted by Gasteiger charge is 2.18. The maximum absolute atomic E-state index is 12.2. The zero-order valence-electron chi connectivity index (χ0n) is 16.1. The largest absolute Gasteiger partial charge is 0.367 e. The van der Waals surface area contributed by atoms with Gasteiger partial charge in [0, 0.05) is 27.5 Å². The van der Waals surface area contributed by atoms with Crippen LogP contribution in [0.3, 0.4) is 0 Å². The lowest BCUT2D eigenvalue weighted by molar-refractivity contribution is -0.118. The summed E-state index contributed by atoms with van der Waals surface area (Å²) >= 11 is 9.18. The van der Waals surface area contributed by atoms with Crippen molar-refractivity contribution >= 4 is 57.3 Å². The number of aryl methyl sites for hydroxylation is 1. The number of aromatic nitrogens is 3. The first-order chi connectivity index (χ1) is 14.1. The number of nitrogens with one attached hydrogen (secondary N) is 2. The average Bonchev–Trinajstić information content (AvgIpc) is 3.37. The average molecular weight is 448 g/mol. The minimum Gasteiger partial charge on any atom is -0.367 e. The van der Waals surface area contributed by atoms with Crippen LogP contribution in [-0.4, -0.2) is 32.7 Å². The second kappa shape index (κ2) is 9.28. The summed E-state index contributed by atoms with van der Waals surface area (Å²) in [5.41, 5.74) is 1.80. The van der Waals surface area contributed by atoms with E-state index in [0.29, 0.717) is 22.6 Å². The fourth-order valence-electron chi connectivity index (χ4n) is 3.36. The number of hydrogen-bond donors (Lipinski definition) is 2. The number of fused-ring (bicyclic) bond motifs is 1. The lowest BCUT2D eigenvalue weighted by atomic mass is 10.2. The topological polar surface area (TPSA) is 79.8 Å². The van der Waals surface area contributed by atoms with Gasteiger partial charge in [-0.1, -0.05) is 36.2 Å². The second-order valence-corrected chi connectivity index (χ2v) is 9.61. The van der Waals surface area contributed by atoms with Gasteiger partial charge in [-0.2, -0.15) is 0 Å². The summed E-state index contributed by atoms with van der Waals surface area (Å²) in [4.78, 5) is 25.9. The number of hydrogen-bond acceptors (Lipinski definition) is 7. The Morgan fingerprint density at radius 3 is 2.86 bits per heavy atom. The van der Waals surface area contributed by atoms with E-state index in [9.17, 15) is 4.79 Å². The molecule has 0 radical (unpaired) electrons. The Kier molecular flexibility index (Phi) is 6.52. The number of thiazole rings is 1. The van der Waals surface area contributed by atoms with Crippen LogP contribution in [0.4, 0.5) is 5.82 Å². The van der Waals surface area contributed by atoms with E-state index in [2.05, 4.69) is 25.6 Å². The van der Waals surface area contributed by atoms with Crippen molar-refractivity contribution in [3.05, 3.63) is 40.1 Å². The number of halogens is 1. The molecule has 0 saturated heterocycles. The Balaban J connectivity index is 1.44. The summed E-state index contributed by atoms with van der Waals surface area (Å²) in [7, 11) is 0. The SMILES string of the molecule is Cc1csc(SCC(=O)NCc2nc(NC3CCCC3)c3cc(Cl)ccc3n2)n1. The van der Waals surface area contributed by atoms with E-state index in [-0.39, 0.29) is 12.5 Å². The van der Waals surface area contributed by atoms with Crippen LogP contribution in [0, 0.1) is 6.92 Å². The van der Waals surface area contributed by atoms with E-state index in [4.69, 9.17) is 11.6 Å². The van der Waals surface area contributed by atoms with Crippen molar-refractivity contribution in [2.24, 2.45) is 0 Å². The summed E-state index contributed by atoms with van der Waals surface area (Å²) in [6.07, 6.45) is 4.76. The number of carbonyl (C=O) groups is 1. The third-order valence-electron chi connectivity index (χ3n) is 4.77. The Bertz CT molecular complexity index is 1020. The number of amides is 1. The quantitative estimate of drug-likeness (QED) is 0.506. The van der Waals surface area contributed by atoms with Gasteiger partial charge in [-0.25, -0.2) is 15.0 Å². The molecule has 1 aliphatic carbocycles. The molecule has 0 unspecified atom stereocenters. The van der Waals surface area contributed by atoms with Gasteiger partial charge in [0.25, 0.3) is 0 Å². The summed E-state index contributed by atoms with van der Waals surface area (Å²) in [5, 5.41) is 10.0. The predicted octanol–water partition coefficient (Wildman–Crippen LogP) is 4.81. The molecule has 1 amide bonds. The lowest BCUT2D eigenvalue weighted by Crippen LogP contribution is -2.26. The maximum Gasteiger partial charge on any atom is 0.230 e. The molecule has 29 heavy (non-hydrogen) atoms. The Labute approximate surface area is 182 Å². The van der Waals surface area contributed by atoms with Gasteiger partial charge in [0.1, 0.15) is 5.82 Å². The van der Waals surface area contributed by atoms with E-state index in [1.165, 1.54) is 24.6 Å². The van der Waals surface area contributed by atoms with Crippen molar-refractivity contribution < 1.29 is 4.79 Å². The molecule has 3 aromatic rings. The zero-order chi connectivity index (χ0) is 20.2. The normalized spacial score (nSPS) is 14.4. The molecule has 1 saturated carbocycles. The fraction of sp³-hybridized carbons (Fsp3) is 0.400. The third-order valence-corrected chi connectivity index (χ3v) is 7.14. The molecule has 0 spiro atoms. The van der Waals surface area contributed by atoms with Crippen molar-refractivity contribution in [3.63, 3.8) is 0 Å². The van der Waals surface area contributed by atoms with Gasteiger partial charge >= 0.3 is 0 Å². The first kappa shape index (κ1) is 20.4. The third kappa shape index (κ3) is 5.38. The molecular weight excluding hydrogens is 426 g/mol. The Morgan fingerprint density at radius 2 is 2.10 bits per heavy atom. The standard InChI is InChI=1S/C20H22ClN5OS2/c1-12-10-28-20(23-12)29-11-18(27)22-9-17-25-16-7-6-13(21)8-15(16)19(26-17)24-14-4-2-3-5-14/h6-8,10,14H,2-5,9,11H2,1H3,(H,22,27)(H,24,25,26). The summed E-state index contributed by atoms with van der Waals surface area (Å²) < 4.78 is 0.902. The van der Waals surface area contributed by atoms with Gasteiger partial charge in [-0.05, 0) is 38.0 Å². The molecule has 9 heteroatoms. The van der Waals surface area contributed by atoms with Crippen LogP contribution in [0.15, 0.2) is 27.9 Å². The molecule has 0 aliphatic heterocycles. The first-order valence-corrected chi connectivity index (χ1v) is 11.9. The van der Waals surface area contributed by atoms with Crippen LogP contribution in [0.1, 0.15) is 37.2 Å². The number of nitrogens with zero attached hydrogens (tertiary/aromatic N) is 3. The molecule has 1 aliphatic rings. The maximum atomic E-state index is 12.2. The molecular formula is C20H22ClN5OS2. The van der Waals surface area contributed by atoms with Crippen LogP contribution < -0.4 is 10.6 Å². The minimum atomic E-state index is -0.0621. The van der Waals surface area contributed by atoms with Gasteiger partial charge in [-0.3, -0.25) is 4.79 Å². The summed E-state index contributed by atoms with van der Waals surface area (Å²) in [6, 6.07) is 6.03. The lowest BCUT2D eigenvalue weighted by Gasteiger charge is -2.16. The highest BCUT2D eigenvalue weighted by molar-refractivity contribution is 8.01. The number of thioether (sulfide) groups is 1. The van der Waals surface area contributed by atoms with Crippen LogP contribution in [0.25, 0.3) is 10.9 Å². The smallest absolute Gasteiger partial charge is 0.230 e. The second-order valence-electron chi connectivity index (χ2n) is 7.10.